The number of likely N-dealkylation sites (tertiary alicyclic amines) is 2. The highest BCUT2D eigenvalue weighted by Crippen LogP contribution is 2.48. The maximum atomic E-state index is 14.3. The van der Waals surface area contributed by atoms with Crippen molar-refractivity contribution in [3.05, 3.63) is 0 Å². The average molecular weight is 545 g/mol. The van der Waals surface area contributed by atoms with E-state index >= 15 is 0 Å². The molecule has 4 amide bonds. The summed E-state index contributed by atoms with van der Waals surface area (Å²) in [7, 11) is 2.23. The number of urea groups is 2. The van der Waals surface area contributed by atoms with Crippen LogP contribution in [0.5, 0.6) is 0 Å². The summed E-state index contributed by atoms with van der Waals surface area (Å²) in [6.07, 6.45) is 3.60. The van der Waals surface area contributed by atoms with Gasteiger partial charge in [0.25, 0.3) is 0 Å². The van der Waals surface area contributed by atoms with Crippen molar-refractivity contribution >= 4 is 12.1 Å². The number of hydrogen-bond acceptors (Lipinski definition) is 6. The summed E-state index contributed by atoms with van der Waals surface area (Å²) in [6.45, 7) is 23.6. The van der Waals surface area contributed by atoms with Gasteiger partial charge >= 0.3 is 12.1 Å². The van der Waals surface area contributed by atoms with E-state index in [1.54, 1.807) is 0 Å². The standard InChI is InChI=1S/C29H52N8O2/c1-11-36-28(6,7)14-20(15-29(36,8)9)32-17-34-22-23-33(24(34)38)16-30-21(37(23)25(39)35(22)18-32)19-12-26(2,3)31(10)27(4,5)13-19/h19-23,30H,11-18H2,1-10H3. The van der Waals surface area contributed by atoms with Gasteiger partial charge in [0.2, 0.25) is 0 Å². The molecule has 0 radical (unpaired) electrons. The van der Waals surface area contributed by atoms with Gasteiger partial charge in [-0.25, -0.2) is 9.59 Å². The lowest BCUT2D eigenvalue weighted by Gasteiger charge is -2.58. The molecule has 0 spiro atoms. The van der Waals surface area contributed by atoms with E-state index in [2.05, 4.69) is 89.4 Å². The van der Waals surface area contributed by atoms with Crippen LogP contribution in [0.3, 0.4) is 0 Å². The normalized spacial score (nSPS) is 36.7. The third-order valence-corrected chi connectivity index (χ3v) is 11.5. The Hall–Kier alpha value is -1.62. The van der Waals surface area contributed by atoms with Crippen LogP contribution >= 0.6 is 0 Å². The predicted molar refractivity (Wildman–Crippen MR) is 151 cm³/mol. The monoisotopic (exact) mass is 544 g/mol. The molecule has 10 heteroatoms. The number of carbonyl (C=O) groups is 2. The van der Waals surface area contributed by atoms with Gasteiger partial charge in [0.1, 0.15) is 0 Å². The van der Waals surface area contributed by atoms with Crippen molar-refractivity contribution in [2.45, 2.75) is 135 Å². The van der Waals surface area contributed by atoms with E-state index in [1.807, 2.05) is 19.6 Å². The minimum Gasteiger partial charge on any atom is -0.296 e. The Balaban J connectivity index is 1.28. The van der Waals surface area contributed by atoms with Crippen LogP contribution in [0.1, 0.15) is 88.0 Å². The molecule has 10 nitrogen and oxygen atoms in total. The molecule has 3 atom stereocenters. The van der Waals surface area contributed by atoms with E-state index in [0.717, 1.165) is 32.2 Å². The number of amides is 4. The first-order valence-electron chi connectivity index (χ1n) is 15.2. The molecule has 0 aromatic rings. The summed E-state index contributed by atoms with van der Waals surface area (Å²) in [5.41, 5.74) is 0.165. The van der Waals surface area contributed by atoms with Gasteiger partial charge in [-0.2, -0.15) is 0 Å². The van der Waals surface area contributed by atoms with Crippen molar-refractivity contribution in [2.75, 3.05) is 33.6 Å². The van der Waals surface area contributed by atoms with Gasteiger partial charge in [0, 0.05) is 28.2 Å². The minimum atomic E-state index is -0.209. The molecule has 6 heterocycles. The van der Waals surface area contributed by atoms with Gasteiger partial charge in [-0.3, -0.25) is 39.6 Å². The molecule has 0 bridgehead atoms. The van der Waals surface area contributed by atoms with Crippen molar-refractivity contribution in [1.82, 2.24) is 39.6 Å². The van der Waals surface area contributed by atoms with Gasteiger partial charge in [0.05, 0.1) is 26.2 Å². The number of carbonyl (C=O) groups excluding carboxylic acids is 2. The van der Waals surface area contributed by atoms with Gasteiger partial charge in [-0.1, -0.05) is 6.92 Å². The van der Waals surface area contributed by atoms with Crippen LogP contribution in [0.2, 0.25) is 0 Å². The number of rotatable bonds is 3. The molecule has 6 aliphatic heterocycles. The minimum absolute atomic E-state index is 0.0301. The van der Waals surface area contributed by atoms with Gasteiger partial charge < -0.3 is 0 Å². The van der Waals surface area contributed by atoms with E-state index in [0.29, 0.717) is 32.0 Å². The lowest BCUT2D eigenvalue weighted by molar-refractivity contribution is -0.1000. The number of piperidine rings is 2. The van der Waals surface area contributed by atoms with E-state index in [4.69, 9.17) is 0 Å². The summed E-state index contributed by atoms with van der Waals surface area (Å²) in [5.74, 6) is 0.318. The van der Waals surface area contributed by atoms with Crippen LogP contribution in [0.25, 0.3) is 0 Å². The first kappa shape index (κ1) is 27.5. The van der Waals surface area contributed by atoms with Gasteiger partial charge in [0.15, 0.2) is 12.3 Å². The molecule has 6 rings (SSSR count). The lowest BCUT2D eigenvalue weighted by atomic mass is 9.72. The Labute approximate surface area is 235 Å². The third-order valence-electron chi connectivity index (χ3n) is 11.5. The first-order chi connectivity index (χ1) is 18.0. The van der Waals surface area contributed by atoms with E-state index in [1.165, 1.54) is 0 Å². The van der Waals surface area contributed by atoms with Crippen molar-refractivity contribution in [1.29, 1.82) is 0 Å². The number of nitrogens with one attached hydrogen (secondary N) is 1. The maximum absolute atomic E-state index is 14.3. The molecule has 220 valence electrons. The number of nitrogens with zero attached hydrogens (tertiary/aromatic N) is 7. The van der Waals surface area contributed by atoms with Crippen LogP contribution in [0.4, 0.5) is 9.59 Å². The molecule has 0 saturated carbocycles. The predicted octanol–water partition coefficient (Wildman–Crippen LogP) is 3.17. The fourth-order valence-electron chi connectivity index (χ4n) is 9.85. The van der Waals surface area contributed by atoms with E-state index < -0.39 is 0 Å². The van der Waals surface area contributed by atoms with E-state index in [-0.39, 0.29) is 52.7 Å². The fraction of sp³-hybridized carbons (Fsp3) is 0.931. The summed E-state index contributed by atoms with van der Waals surface area (Å²) in [4.78, 5) is 43.5. The number of hydrogen-bond donors (Lipinski definition) is 1. The molecule has 3 unspecified atom stereocenters. The zero-order chi connectivity index (χ0) is 28.4. The van der Waals surface area contributed by atoms with Gasteiger partial charge in [-0.05, 0) is 101 Å². The molecule has 6 aliphatic rings. The Morgan fingerprint density at radius 1 is 0.744 bits per heavy atom. The highest BCUT2D eigenvalue weighted by Gasteiger charge is 2.66. The quantitative estimate of drug-likeness (QED) is 0.589. The summed E-state index contributed by atoms with van der Waals surface area (Å²) in [6, 6.07) is 0.443. The lowest BCUT2D eigenvalue weighted by Crippen LogP contribution is -2.70. The topological polar surface area (TPSA) is 68.9 Å². The van der Waals surface area contributed by atoms with Crippen molar-refractivity contribution < 1.29 is 9.59 Å². The van der Waals surface area contributed by atoms with Crippen LogP contribution in [-0.4, -0.2) is 127 Å². The largest absolute Gasteiger partial charge is 0.325 e. The Morgan fingerprint density at radius 2 is 1.28 bits per heavy atom. The molecule has 1 N–H and O–H groups in total. The summed E-state index contributed by atoms with van der Waals surface area (Å²) < 4.78 is 0. The molecular formula is C29H52N8O2. The van der Waals surface area contributed by atoms with Gasteiger partial charge in [-0.15, -0.1) is 0 Å². The third kappa shape index (κ3) is 3.87. The smallest absolute Gasteiger partial charge is 0.296 e. The second-order valence-electron chi connectivity index (χ2n) is 15.7. The molecule has 6 fully saturated rings. The Morgan fingerprint density at radius 3 is 1.82 bits per heavy atom. The van der Waals surface area contributed by atoms with E-state index in [9.17, 15) is 9.59 Å². The zero-order valence-electron chi connectivity index (χ0n) is 26.0. The maximum Gasteiger partial charge on any atom is 0.325 e. The SMILES string of the molecule is CCN1C(C)(C)CC(N2CN3C(=O)N4CNC(C5CC(C)(C)N(C)C(C)(C)C5)N5C(=O)N(C2)C3C45)CC1(C)C. The molecule has 0 aromatic carbocycles. The van der Waals surface area contributed by atoms with Crippen LogP contribution in [-0.2, 0) is 0 Å². The molecular weight excluding hydrogens is 492 g/mol. The highest BCUT2D eigenvalue weighted by molar-refractivity contribution is 5.86. The van der Waals surface area contributed by atoms with Crippen molar-refractivity contribution in [3.63, 3.8) is 0 Å². The second-order valence-corrected chi connectivity index (χ2v) is 15.7. The first-order valence-corrected chi connectivity index (χ1v) is 15.2. The van der Waals surface area contributed by atoms with Crippen LogP contribution in [0.15, 0.2) is 0 Å². The summed E-state index contributed by atoms with van der Waals surface area (Å²) in [5, 5.41) is 3.66. The Bertz CT molecular complexity index is 1010. The molecule has 0 aliphatic carbocycles. The average Bonchev–Trinajstić information content (AvgIpc) is 3.28. The fourth-order valence-corrected chi connectivity index (χ4v) is 9.85. The van der Waals surface area contributed by atoms with Crippen LogP contribution < -0.4 is 5.32 Å². The molecule has 6 saturated heterocycles. The summed E-state index contributed by atoms with van der Waals surface area (Å²) >= 11 is 0. The molecule has 0 aromatic heterocycles. The highest BCUT2D eigenvalue weighted by atomic mass is 16.2. The second kappa shape index (κ2) is 8.46. The molecule has 39 heavy (non-hydrogen) atoms. The van der Waals surface area contributed by atoms with Crippen molar-refractivity contribution in [2.24, 2.45) is 5.92 Å². The van der Waals surface area contributed by atoms with Crippen molar-refractivity contribution in [3.8, 4) is 0 Å². The zero-order valence-corrected chi connectivity index (χ0v) is 26.0. The van der Waals surface area contributed by atoms with Crippen LogP contribution in [0, 0.1) is 5.92 Å². The Kier molecular flexibility index (Phi) is 5.97.